The lowest BCUT2D eigenvalue weighted by atomic mass is 10.2. The fourth-order valence-corrected chi connectivity index (χ4v) is 4.71. The van der Waals surface area contributed by atoms with E-state index in [4.69, 9.17) is 3.63 Å². The van der Waals surface area contributed by atoms with Gasteiger partial charge in [-0.3, -0.25) is 0 Å². The van der Waals surface area contributed by atoms with Crippen molar-refractivity contribution in [1.82, 2.24) is 4.57 Å². The van der Waals surface area contributed by atoms with Gasteiger partial charge in [0.2, 0.25) is 0 Å². The van der Waals surface area contributed by atoms with Gasteiger partial charge in [-0.1, -0.05) is 42.5 Å². The van der Waals surface area contributed by atoms with Gasteiger partial charge in [0.15, 0.2) is 0 Å². The Morgan fingerprint density at radius 3 is 2.09 bits per heavy atom. The molecule has 0 radical (unpaired) electrons. The van der Waals surface area contributed by atoms with E-state index in [1.54, 1.807) is 0 Å². The first-order valence-corrected chi connectivity index (χ1v) is 8.54. The van der Waals surface area contributed by atoms with Crippen LogP contribution in [-0.4, -0.2) is 4.57 Å². The van der Waals surface area contributed by atoms with Gasteiger partial charge in [-0.15, -0.1) is 0 Å². The summed E-state index contributed by atoms with van der Waals surface area (Å²) in [5.41, 5.74) is 3.65. The molecule has 2 heterocycles. The summed E-state index contributed by atoms with van der Waals surface area (Å²) in [6, 6.07) is 23.5. The van der Waals surface area contributed by atoms with Gasteiger partial charge < -0.3 is 4.57 Å². The molecule has 4 aromatic rings. The van der Waals surface area contributed by atoms with Crippen molar-refractivity contribution in [3.63, 3.8) is 0 Å². The van der Waals surface area contributed by atoms with E-state index in [2.05, 4.69) is 71.3 Å². The lowest BCUT2D eigenvalue weighted by Crippen LogP contribution is -1.95. The van der Waals surface area contributed by atoms with E-state index in [-0.39, 0.29) is 0 Å². The second kappa shape index (κ2) is 4.81. The van der Waals surface area contributed by atoms with Gasteiger partial charge in [0.25, 0.3) is 0 Å². The third-order valence-corrected chi connectivity index (χ3v) is 5.81. The normalized spacial score (nSPS) is 13.8. The van der Waals surface area contributed by atoms with Gasteiger partial charge in [0, 0.05) is 34.9 Å². The standard InChI is InChI=1S/C18H11NOS2/c1-3-8-14-12(6-1)13-7-2-4-9-15(13)19(14)16-10-5-11-17-18(16)22-20-21-17/h1-11H. The average Bonchev–Trinajstić information content (AvgIpc) is 3.17. The molecule has 1 aliphatic heterocycles. The van der Waals surface area contributed by atoms with Gasteiger partial charge in [-0.05, 0) is 24.3 Å². The molecule has 0 saturated heterocycles. The zero-order valence-electron chi connectivity index (χ0n) is 11.5. The molecule has 0 spiro atoms. The van der Waals surface area contributed by atoms with Gasteiger partial charge in [-0.25, -0.2) is 3.63 Å². The third kappa shape index (κ3) is 1.69. The summed E-state index contributed by atoms with van der Waals surface area (Å²) in [5.74, 6) is 0. The highest BCUT2D eigenvalue weighted by atomic mass is 32.2. The van der Waals surface area contributed by atoms with E-state index in [0.717, 1.165) is 0 Å². The van der Waals surface area contributed by atoms with Gasteiger partial charge >= 0.3 is 0 Å². The van der Waals surface area contributed by atoms with Crippen LogP contribution in [0.15, 0.2) is 76.5 Å². The van der Waals surface area contributed by atoms with Crippen LogP contribution >= 0.6 is 24.1 Å². The van der Waals surface area contributed by atoms with Crippen LogP contribution in [0, 0.1) is 0 Å². The molecule has 0 aliphatic carbocycles. The van der Waals surface area contributed by atoms with Crippen molar-refractivity contribution in [1.29, 1.82) is 0 Å². The van der Waals surface area contributed by atoms with Crippen LogP contribution in [-0.2, 0) is 3.63 Å². The largest absolute Gasteiger partial charge is 0.308 e. The van der Waals surface area contributed by atoms with Crippen molar-refractivity contribution in [3.8, 4) is 5.69 Å². The highest BCUT2D eigenvalue weighted by molar-refractivity contribution is 8.10. The predicted molar refractivity (Wildman–Crippen MR) is 93.6 cm³/mol. The topological polar surface area (TPSA) is 14.2 Å². The number of para-hydroxylation sites is 2. The number of hydrogen-bond acceptors (Lipinski definition) is 3. The molecule has 22 heavy (non-hydrogen) atoms. The zero-order chi connectivity index (χ0) is 14.5. The Kier molecular flexibility index (Phi) is 2.77. The predicted octanol–water partition coefficient (Wildman–Crippen LogP) is 5.83. The summed E-state index contributed by atoms with van der Waals surface area (Å²) in [4.78, 5) is 2.38. The Morgan fingerprint density at radius 1 is 0.682 bits per heavy atom. The first-order valence-electron chi connectivity index (χ1n) is 7.06. The molecular weight excluding hydrogens is 310 g/mol. The number of hydrogen-bond donors (Lipinski definition) is 0. The summed E-state index contributed by atoms with van der Waals surface area (Å²) in [6.07, 6.45) is 0. The van der Waals surface area contributed by atoms with E-state index in [1.807, 2.05) is 0 Å². The lowest BCUT2D eigenvalue weighted by molar-refractivity contribution is 0.773. The molecule has 1 aromatic heterocycles. The zero-order valence-corrected chi connectivity index (χ0v) is 13.2. The molecule has 0 bridgehead atoms. The number of aromatic nitrogens is 1. The minimum absolute atomic E-state index is 1.18. The number of fused-ring (bicyclic) bond motifs is 4. The van der Waals surface area contributed by atoms with Gasteiger partial charge in [0.1, 0.15) is 0 Å². The summed E-state index contributed by atoms with van der Waals surface area (Å²) >= 11 is 2.89. The van der Waals surface area contributed by atoms with Crippen molar-refractivity contribution < 1.29 is 3.63 Å². The van der Waals surface area contributed by atoms with E-state index < -0.39 is 0 Å². The van der Waals surface area contributed by atoms with Crippen molar-refractivity contribution in [2.45, 2.75) is 9.79 Å². The molecule has 3 aromatic carbocycles. The minimum Gasteiger partial charge on any atom is -0.308 e. The van der Waals surface area contributed by atoms with Crippen LogP contribution < -0.4 is 0 Å². The second-order valence-electron chi connectivity index (χ2n) is 5.21. The minimum atomic E-state index is 1.18. The Hall–Kier alpha value is -1.88. The molecule has 2 nitrogen and oxygen atoms in total. The maximum atomic E-state index is 5.50. The Morgan fingerprint density at radius 2 is 1.36 bits per heavy atom. The Balaban J connectivity index is 1.97. The molecule has 106 valence electrons. The van der Waals surface area contributed by atoms with Crippen LogP contribution in [0.4, 0.5) is 0 Å². The smallest absolute Gasteiger partial charge is 0.0766 e. The quantitative estimate of drug-likeness (QED) is 0.410. The third-order valence-electron chi connectivity index (χ3n) is 4.02. The Bertz CT molecular complexity index is 969. The maximum absolute atomic E-state index is 5.50. The fraction of sp³-hybridized carbons (Fsp3) is 0. The van der Waals surface area contributed by atoms with Crippen LogP contribution in [0.5, 0.6) is 0 Å². The van der Waals surface area contributed by atoms with E-state index in [1.165, 1.54) is 61.4 Å². The molecule has 0 fully saturated rings. The van der Waals surface area contributed by atoms with E-state index in [0.29, 0.717) is 0 Å². The van der Waals surface area contributed by atoms with E-state index >= 15 is 0 Å². The molecular formula is C18H11NOS2. The number of benzene rings is 3. The van der Waals surface area contributed by atoms with Gasteiger partial charge in [-0.2, -0.15) is 0 Å². The molecule has 0 unspecified atom stereocenters. The molecule has 5 rings (SSSR count). The van der Waals surface area contributed by atoms with Crippen LogP contribution in [0.25, 0.3) is 27.5 Å². The van der Waals surface area contributed by atoms with Gasteiger partial charge in [0.05, 0.1) is 26.5 Å². The SMILES string of the molecule is c1cc2c(c(-n3c4ccccc4c4ccccc43)c1)SOS2. The fourth-order valence-electron chi connectivity index (χ4n) is 3.10. The number of rotatable bonds is 1. The van der Waals surface area contributed by atoms with Crippen molar-refractivity contribution >= 4 is 45.9 Å². The summed E-state index contributed by atoms with van der Waals surface area (Å²) in [5, 5.41) is 2.57. The van der Waals surface area contributed by atoms with Crippen LogP contribution in [0.1, 0.15) is 0 Å². The summed E-state index contributed by atoms with van der Waals surface area (Å²) in [6.45, 7) is 0. The van der Waals surface area contributed by atoms with Crippen molar-refractivity contribution in [2.24, 2.45) is 0 Å². The monoisotopic (exact) mass is 321 g/mol. The molecule has 4 heteroatoms. The van der Waals surface area contributed by atoms with Crippen LogP contribution in [0.2, 0.25) is 0 Å². The average molecular weight is 321 g/mol. The highest BCUT2D eigenvalue weighted by Gasteiger charge is 2.21. The molecule has 0 atom stereocenters. The lowest BCUT2D eigenvalue weighted by Gasteiger charge is -2.10. The Labute approximate surface area is 136 Å². The molecule has 1 aliphatic rings. The summed E-state index contributed by atoms with van der Waals surface area (Å²) < 4.78 is 7.84. The molecule has 0 amide bonds. The first kappa shape index (κ1) is 12.6. The number of nitrogens with zero attached hydrogens (tertiary/aromatic N) is 1. The van der Waals surface area contributed by atoms with Crippen molar-refractivity contribution in [2.75, 3.05) is 0 Å². The summed E-state index contributed by atoms with van der Waals surface area (Å²) in [7, 11) is 0. The second-order valence-corrected chi connectivity index (χ2v) is 6.93. The van der Waals surface area contributed by atoms with E-state index in [9.17, 15) is 0 Å². The van der Waals surface area contributed by atoms with Crippen molar-refractivity contribution in [3.05, 3.63) is 66.7 Å². The maximum Gasteiger partial charge on any atom is 0.0766 e. The van der Waals surface area contributed by atoms with Crippen LogP contribution in [0.3, 0.4) is 0 Å². The molecule has 0 N–H and O–H groups in total. The highest BCUT2D eigenvalue weighted by Crippen LogP contribution is 2.47. The first-order chi connectivity index (χ1) is 10.9. The molecule has 0 saturated carbocycles.